The van der Waals surface area contributed by atoms with Crippen molar-refractivity contribution >= 4 is 48.2 Å². The number of likely N-dealkylation sites (N-methyl/N-ethyl adjacent to an activating group) is 2. The molecule has 0 aromatic heterocycles. The van der Waals surface area contributed by atoms with Crippen LogP contribution >= 0.6 is 12.4 Å². The molecule has 0 bridgehead atoms. The normalized spacial score (nSPS) is 13.1. The zero-order valence-electron chi connectivity index (χ0n) is 54.2. The minimum Gasteiger partial charge on any atom is -1.00 e. The lowest BCUT2D eigenvalue weighted by molar-refractivity contribution is -0.883. The zero-order valence-corrected chi connectivity index (χ0v) is 55.8. The largest absolute Gasteiger partial charge is 1.00 e. The molecule has 0 aromatic carbocycles. The summed E-state index contributed by atoms with van der Waals surface area (Å²) in [7, 11) is 7.61. The number of hydrogen-bond acceptors (Lipinski definition) is 14. The molecule has 0 amide bonds. The zero-order chi connectivity index (χ0) is 61.0. The summed E-state index contributed by atoms with van der Waals surface area (Å²) in [5.41, 5.74) is 0. The van der Waals surface area contributed by atoms with Gasteiger partial charge in [0.15, 0.2) is 13.1 Å². The number of allylic oxidation sites excluding steroid dienone is 2. The predicted octanol–water partition coefficient (Wildman–Crippen LogP) is 10.5. The van der Waals surface area contributed by atoms with Gasteiger partial charge in [0.1, 0.15) is 38.5 Å². The van der Waals surface area contributed by atoms with Crippen LogP contribution in [-0.2, 0) is 57.2 Å². The highest BCUT2D eigenvalue weighted by atomic mass is 35.5. The van der Waals surface area contributed by atoms with E-state index in [9.17, 15) is 39.0 Å². The van der Waals surface area contributed by atoms with E-state index in [-0.39, 0.29) is 86.9 Å². The van der Waals surface area contributed by atoms with Crippen LogP contribution in [0, 0.1) is 0 Å². The first-order valence-electron chi connectivity index (χ1n) is 32.7. The maximum atomic E-state index is 12.9. The summed E-state index contributed by atoms with van der Waals surface area (Å²) in [5, 5.41) is 21.9. The summed E-state index contributed by atoms with van der Waals surface area (Å²) in [6.45, 7) is 10.8. The van der Waals surface area contributed by atoms with Crippen LogP contribution in [0.4, 0.5) is 0 Å². The van der Waals surface area contributed by atoms with Crippen LogP contribution in [-0.4, -0.2) is 160 Å². The van der Waals surface area contributed by atoms with Crippen molar-refractivity contribution < 1.29 is 88.8 Å². The maximum Gasteiger partial charge on any atom is 0.362 e. The summed E-state index contributed by atoms with van der Waals surface area (Å²) in [6, 6.07) is 0. The Balaban J connectivity index is -0.0000328. The van der Waals surface area contributed by atoms with E-state index in [2.05, 4.69) is 26.0 Å². The fourth-order valence-electron chi connectivity index (χ4n) is 9.40. The van der Waals surface area contributed by atoms with Gasteiger partial charge in [-0.3, -0.25) is 19.2 Å². The molecular weight excluding hydrogens is 1120 g/mol. The highest BCUT2D eigenvalue weighted by molar-refractivity contribution is 5.85. The fraction of sp³-hybridized carbons (Fsp3) is 0.848. The van der Waals surface area contributed by atoms with Crippen molar-refractivity contribution in [3.8, 4) is 0 Å². The number of nitrogens with zero attached hydrogens (tertiary/aromatic N) is 2. The Morgan fingerprint density at radius 3 is 1.02 bits per heavy atom. The third-order valence-electron chi connectivity index (χ3n) is 14.7. The van der Waals surface area contributed by atoms with Gasteiger partial charge in [0.25, 0.3) is 0 Å². The van der Waals surface area contributed by atoms with E-state index in [4.69, 9.17) is 28.4 Å². The van der Waals surface area contributed by atoms with Crippen molar-refractivity contribution in [1.29, 1.82) is 0 Å². The molecule has 0 aliphatic heterocycles. The van der Waals surface area contributed by atoms with Gasteiger partial charge in [-0.15, -0.1) is 12.4 Å². The Morgan fingerprint density at radius 1 is 0.369 bits per heavy atom. The molecule has 494 valence electrons. The van der Waals surface area contributed by atoms with Crippen LogP contribution in [0.25, 0.3) is 0 Å². The number of unbranched alkanes of at least 4 members (excludes halogenated alkanes) is 21. The summed E-state index contributed by atoms with van der Waals surface area (Å²) < 4.78 is 33.8. The fourth-order valence-corrected chi connectivity index (χ4v) is 9.40. The van der Waals surface area contributed by atoms with Gasteiger partial charge in [0, 0.05) is 25.7 Å². The van der Waals surface area contributed by atoms with E-state index >= 15 is 0 Å². The number of rotatable bonds is 57. The monoisotopic (exact) mass is 1240 g/mol. The molecular formula is C66H123Cl2N2O14+. The third kappa shape index (κ3) is 54.1. The number of hydrogen-bond donors (Lipinski definition) is 2. The van der Waals surface area contributed by atoms with E-state index in [1.54, 1.807) is 0 Å². The van der Waals surface area contributed by atoms with E-state index in [0.717, 1.165) is 180 Å². The molecule has 0 aliphatic rings. The average Bonchev–Trinajstić information content (AvgIpc) is 3.52. The van der Waals surface area contributed by atoms with Crippen LogP contribution in [0.1, 0.15) is 259 Å². The van der Waals surface area contributed by atoms with E-state index in [1.165, 1.54) is 0 Å². The lowest BCUT2D eigenvalue weighted by Crippen LogP contribution is -3.00. The molecule has 0 fully saturated rings. The molecule has 0 saturated heterocycles. The number of halogens is 2. The summed E-state index contributed by atoms with van der Waals surface area (Å²) >= 11 is 0. The van der Waals surface area contributed by atoms with Crippen molar-refractivity contribution in [3.63, 3.8) is 0 Å². The smallest absolute Gasteiger partial charge is 0.362 e. The van der Waals surface area contributed by atoms with Crippen molar-refractivity contribution in [2.24, 2.45) is 0 Å². The molecule has 84 heavy (non-hydrogen) atoms. The number of esters is 6. The molecule has 0 radical (unpaired) electrons. The van der Waals surface area contributed by atoms with Crippen LogP contribution in [0.2, 0.25) is 0 Å². The van der Waals surface area contributed by atoms with E-state index in [1.807, 2.05) is 54.2 Å². The molecule has 0 aliphatic carbocycles. The average molecular weight is 1240 g/mol. The van der Waals surface area contributed by atoms with Crippen LogP contribution in [0.5, 0.6) is 0 Å². The molecule has 4 unspecified atom stereocenters. The number of aliphatic hydroxyl groups excluding tert-OH is 2. The second-order valence-corrected chi connectivity index (χ2v) is 24.1. The Hall–Kier alpha value is -3.28. The van der Waals surface area contributed by atoms with Gasteiger partial charge >= 0.3 is 35.8 Å². The minimum atomic E-state index is -0.767. The van der Waals surface area contributed by atoms with E-state index in [0.29, 0.717) is 86.6 Å². The molecule has 0 aromatic rings. The highest BCUT2D eigenvalue weighted by Crippen LogP contribution is 2.19. The Labute approximate surface area is 523 Å². The quantitative estimate of drug-likeness (QED) is 0.0192. The van der Waals surface area contributed by atoms with Gasteiger partial charge in [-0.2, -0.15) is 0 Å². The first-order chi connectivity index (χ1) is 39.4. The van der Waals surface area contributed by atoms with Crippen LogP contribution in [0.3, 0.4) is 0 Å². The summed E-state index contributed by atoms with van der Waals surface area (Å²) in [4.78, 5) is 73.6. The number of aliphatic hydroxyl groups is 2. The molecule has 0 spiro atoms. The lowest BCUT2D eigenvalue weighted by atomic mass is 10.0. The summed E-state index contributed by atoms with van der Waals surface area (Å²) in [5.74, 6) is -1.38. The van der Waals surface area contributed by atoms with Crippen LogP contribution < -0.4 is 12.4 Å². The SMILES string of the molecule is CCCCCC(OC(=O)C[N+](C)(C)CCOC(=O)CCC)C(O)C/C=C\CCCCCCCC(=O)OCCCCCCCCCCOC(=O)CCCCCCC/C=C\CC(O)C(CCCCC)OC(=O)C[N+](C)(C)CCOC(=O)CCC.Cl.[Cl-]. The second-order valence-electron chi connectivity index (χ2n) is 24.1. The Morgan fingerprint density at radius 2 is 0.679 bits per heavy atom. The molecule has 16 nitrogen and oxygen atoms in total. The Bertz CT molecular complexity index is 1580. The minimum absolute atomic E-state index is 0. The van der Waals surface area contributed by atoms with Crippen molar-refractivity contribution in [1.82, 2.24) is 0 Å². The van der Waals surface area contributed by atoms with Gasteiger partial charge in [-0.1, -0.05) is 155 Å². The first kappa shape index (κ1) is 84.9. The third-order valence-corrected chi connectivity index (χ3v) is 14.7. The lowest BCUT2D eigenvalue weighted by Gasteiger charge is -2.30. The predicted molar refractivity (Wildman–Crippen MR) is 334 cm³/mol. The molecule has 0 rings (SSSR count). The molecule has 2 N–H and O–H groups in total. The number of ether oxygens (including phenoxy) is 6. The standard InChI is InChI=1S/C66H122N2O14.2ClH/c1-9-13-33-45-59(81-65(75)55-67(5,6)49-53-79-61(71)41-11-3)57(69)43-35-27-21-15-17-23-29-37-47-63(73)77-51-39-31-25-19-20-26-32-40-52-78-64(74)48-38-30-24-18-16-22-28-36-44-58(70)60(46-34-14-10-2)82-66(76)56-68(7,8)50-54-80-62(72)42-12-4;;/h27-28,35-36,57-60,69-70H,9-26,29-34,37-56H2,1-8H3;2*1H/q+2;;/p-1/b35-27-,36-28-;;. The number of carbonyl (C=O) groups excluding carboxylic acids is 6. The maximum absolute atomic E-state index is 12.9. The number of carbonyl (C=O) groups is 6. The first-order valence-corrected chi connectivity index (χ1v) is 32.7. The van der Waals surface area contributed by atoms with Gasteiger partial charge < -0.3 is 60.0 Å². The van der Waals surface area contributed by atoms with Gasteiger partial charge in [0.05, 0.1) is 53.6 Å². The van der Waals surface area contributed by atoms with Crippen molar-refractivity contribution in [2.45, 2.75) is 283 Å². The highest BCUT2D eigenvalue weighted by Gasteiger charge is 2.29. The summed E-state index contributed by atoms with van der Waals surface area (Å²) in [6.07, 6.45) is 37.0. The van der Waals surface area contributed by atoms with E-state index < -0.39 is 24.4 Å². The van der Waals surface area contributed by atoms with Crippen molar-refractivity contribution in [3.05, 3.63) is 24.3 Å². The molecule has 18 heteroatoms. The second kappa shape index (κ2) is 57.5. The molecule has 0 heterocycles. The Kier molecular flexibility index (Phi) is 58.1. The van der Waals surface area contributed by atoms with Gasteiger partial charge in [-0.25, -0.2) is 9.59 Å². The van der Waals surface area contributed by atoms with Gasteiger partial charge in [-0.05, 0) is 103 Å². The van der Waals surface area contributed by atoms with Crippen LogP contribution in [0.15, 0.2) is 24.3 Å². The van der Waals surface area contributed by atoms with Crippen molar-refractivity contribution in [2.75, 3.05) is 80.8 Å². The topological polar surface area (TPSA) is 198 Å². The number of quaternary nitrogens is 2. The molecule has 0 saturated carbocycles. The molecule has 4 atom stereocenters. The van der Waals surface area contributed by atoms with Gasteiger partial charge in [0.2, 0.25) is 0 Å².